The van der Waals surface area contributed by atoms with Gasteiger partial charge in [0.2, 0.25) is 11.3 Å². The molecule has 1 amide bonds. The molecule has 0 unspecified atom stereocenters. The fraction of sp³-hybridized carbons (Fsp3) is 0.238. The monoisotopic (exact) mass is 398 g/mol. The third-order valence-electron chi connectivity index (χ3n) is 4.49. The summed E-state index contributed by atoms with van der Waals surface area (Å²) >= 11 is 1.35. The fourth-order valence-corrected chi connectivity index (χ4v) is 3.71. The van der Waals surface area contributed by atoms with Gasteiger partial charge in [-0.15, -0.1) is 11.3 Å². The van der Waals surface area contributed by atoms with Crippen LogP contribution >= 0.6 is 11.3 Å². The number of benzene rings is 1. The minimum absolute atomic E-state index is 0.0770. The predicted octanol–water partition coefficient (Wildman–Crippen LogP) is 3.75. The number of likely N-dealkylation sites (N-methyl/N-ethyl adjacent to an activating group) is 2. The van der Waals surface area contributed by atoms with E-state index in [9.17, 15) is 9.59 Å². The molecule has 0 spiro atoms. The van der Waals surface area contributed by atoms with E-state index in [4.69, 9.17) is 9.15 Å². The quantitative estimate of drug-likeness (QED) is 0.567. The van der Waals surface area contributed by atoms with Crippen LogP contribution in [0.15, 0.2) is 57.6 Å². The lowest BCUT2D eigenvalue weighted by molar-refractivity contribution is -0.113. The number of thiophene rings is 1. The minimum atomic E-state index is -0.194. The van der Waals surface area contributed by atoms with Crippen molar-refractivity contribution in [1.29, 1.82) is 0 Å². The fourth-order valence-electron chi connectivity index (χ4n) is 2.80. The van der Waals surface area contributed by atoms with Crippen molar-refractivity contribution in [3.05, 3.63) is 58.6 Å². The van der Waals surface area contributed by atoms with Crippen molar-refractivity contribution >= 4 is 39.1 Å². The Balaban J connectivity index is 2.07. The highest BCUT2D eigenvalue weighted by atomic mass is 32.1. The van der Waals surface area contributed by atoms with Crippen LogP contribution < -0.4 is 15.2 Å². The van der Waals surface area contributed by atoms with Gasteiger partial charge >= 0.3 is 0 Å². The zero-order valence-electron chi connectivity index (χ0n) is 16.1. The van der Waals surface area contributed by atoms with E-state index >= 15 is 0 Å². The first-order valence-electron chi connectivity index (χ1n) is 8.72. The van der Waals surface area contributed by atoms with E-state index in [1.54, 1.807) is 14.2 Å². The molecule has 0 atom stereocenters. The van der Waals surface area contributed by atoms with Crippen LogP contribution in [-0.2, 0) is 9.53 Å². The number of carbonyl (C=O) groups excluding carboxylic acids is 1. The molecule has 0 saturated carbocycles. The normalized spacial score (nSPS) is 10.8. The average Bonchev–Trinajstić information content (AvgIpc) is 3.15. The molecule has 0 fully saturated rings. The number of rotatable bonds is 7. The maximum Gasteiger partial charge on any atom is 0.250 e. The van der Waals surface area contributed by atoms with Gasteiger partial charge in [-0.3, -0.25) is 9.59 Å². The highest BCUT2D eigenvalue weighted by Crippen LogP contribution is 2.35. The van der Waals surface area contributed by atoms with Gasteiger partial charge in [-0.2, -0.15) is 0 Å². The number of nitrogens with zero attached hydrogens (tertiary/aromatic N) is 2. The average molecular weight is 398 g/mol. The van der Waals surface area contributed by atoms with Crippen LogP contribution in [0.4, 0.5) is 11.6 Å². The second-order valence-corrected chi connectivity index (χ2v) is 7.20. The second-order valence-electron chi connectivity index (χ2n) is 6.32. The standard InChI is InChI=1S/C21H22N2O4S/c1-5-18(25)23(3)15-8-6-7-14(11-15)16-13-28-21-17(24)12-19(27-20(16)21)22(2)9-10-26-4/h5-8,11-13H,1,9-10H2,2-4H3. The van der Waals surface area contributed by atoms with E-state index < -0.39 is 0 Å². The maximum atomic E-state index is 12.6. The van der Waals surface area contributed by atoms with Gasteiger partial charge in [0.25, 0.3) is 0 Å². The molecular weight excluding hydrogens is 376 g/mol. The van der Waals surface area contributed by atoms with Crippen LogP contribution in [0.1, 0.15) is 0 Å². The van der Waals surface area contributed by atoms with E-state index in [1.807, 2.05) is 41.6 Å². The summed E-state index contributed by atoms with van der Waals surface area (Å²) in [4.78, 5) is 27.8. The molecule has 2 heterocycles. The van der Waals surface area contributed by atoms with E-state index in [0.29, 0.717) is 29.3 Å². The summed E-state index contributed by atoms with van der Waals surface area (Å²) in [7, 11) is 5.18. The summed E-state index contributed by atoms with van der Waals surface area (Å²) in [6.07, 6.45) is 1.27. The third-order valence-corrected chi connectivity index (χ3v) is 5.46. The van der Waals surface area contributed by atoms with Crippen LogP contribution in [0.2, 0.25) is 0 Å². The second kappa shape index (κ2) is 8.41. The molecule has 2 aromatic heterocycles. The molecule has 0 saturated heterocycles. The summed E-state index contributed by atoms with van der Waals surface area (Å²) < 4.78 is 11.7. The largest absolute Gasteiger partial charge is 0.439 e. The Morgan fingerprint density at radius 1 is 1.32 bits per heavy atom. The van der Waals surface area contributed by atoms with Crippen molar-refractivity contribution in [3.8, 4) is 11.1 Å². The summed E-state index contributed by atoms with van der Waals surface area (Å²) in [5.41, 5.74) is 2.89. The van der Waals surface area contributed by atoms with E-state index in [2.05, 4.69) is 6.58 Å². The highest BCUT2D eigenvalue weighted by Gasteiger charge is 2.16. The van der Waals surface area contributed by atoms with E-state index in [0.717, 1.165) is 16.8 Å². The molecular formula is C21H22N2O4S. The number of amides is 1. The zero-order chi connectivity index (χ0) is 20.3. The number of ether oxygens (including phenoxy) is 1. The van der Waals surface area contributed by atoms with Gasteiger partial charge in [0.15, 0.2) is 11.5 Å². The lowest BCUT2D eigenvalue weighted by Gasteiger charge is -2.17. The Morgan fingerprint density at radius 3 is 2.82 bits per heavy atom. The van der Waals surface area contributed by atoms with Crippen molar-refractivity contribution in [1.82, 2.24) is 0 Å². The van der Waals surface area contributed by atoms with E-state index in [-0.39, 0.29) is 11.3 Å². The molecule has 0 aliphatic carbocycles. The van der Waals surface area contributed by atoms with Gasteiger partial charge in [-0.05, 0) is 23.8 Å². The molecule has 0 bridgehead atoms. The first-order chi connectivity index (χ1) is 13.5. The Hall–Kier alpha value is -2.90. The molecule has 0 aliphatic rings. The SMILES string of the molecule is C=CC(=O)N(C)c1cccc(-c2csc3c(=O)cc(N(C)CCOC)oc23)c1. The lowest BCUT2D eigenvalue weighted by atomic mass is 10.1. The van der Waals surface area contributed by atoms with Gasteiger partial charge in [0, 0.05) is 50.4 Å². The molecule has 28 heavy (non-hydrogen) atoms. The topological polar surface area (TPSA) is 63.0 Å². The summed E-state index contributed by atoms with van der Waals surface area (Å²) in [5, 5.41) is 1.91. The number of hydrogen-bond acceptors (Lipinski definition) is 6. The van der Waals surface area contributed by atoms with Crippen molar-refractivity contribution in [3.63, 3.8) is 0 Å². The Kier molecular flexibility index (Phi) is 5.96. The lowest BCUT2D eigenvalue weighted by Crippen LogP contribution is -2.23. The molecule has 0 aliphatic heterocycles. The molecule has 146 valence electrons. The van der Waals surface area contributed by atoms with Crippen LogP contribution in [0.25, 0.3) is 21.4 Å². The van der Waals surface area contributed by atoms with Crippen LogP contribution in [0.3, 0.4) is 0 Å². The molecule has 0 radical (unpaired) electrons. The highest BCUT2D eigenvalue weighted by molar-refractivity contribution is 7.17. The Bertz CT molecular complexity index is 1070. The van der Waals surface area contributed by atoms with Crippen molar-refractivity contribution < 1.29 is 13.9 Å². The summed E-state index contributed by atoms with van der Waals surface area (Å²) in [6, 6.07) is 9.04. The van der Waals surface area contributed by atoms with Crippen molar-refractivity contribution in [2.75, 3.05) is 44.2 Å². The molecule has 1 aromatic carbocycles. The molecule has 0 N–H and O–H groups in total. The van der Waals surface area contributed by atoms with Crippen molar-refractivity contribution in [2.24, 2.45) is 0 Å². The Morgan fingerprint density at radius 2 is 2.11 bits per heavy atom. The third kappa shape index (κ3) is 3.85. The number of anilines is 2. The number of fused-ring (bicyclic) bond motifs is 1. The first kappa shape index (κ1) is 19.9. The summed E-state index contributed by atoms with van der Waals surface area (Å²) in [6.45, 7) is 4.66. The van der Waals surface area contributed by atoms with Gasteiger partial charge in [0.05, 0.1) is 6.61 Å². The van der Waals surface area contributed by atoms with Gasteiger partial charge in [-0.1, -0.05) is 18.7 Å². The first-order valence-corrected chi connectivity index (χ1v) is 9.60. The molecule has 3 rings (SSSR count). The summed E-state index contributed by atoms with van der Waals surface area (Å²) in [5.74, 6) is 0.297. The maximum absolute atomic E-state index is 12.6. The number of methoxy groups -OCH3 is 1. The van der Waals surface area contributed by atoms with Gasteiger partial charge in [-0.25, -0.2) is 0 Å². The van der Waals surface area contributed by atoms with Gasteiger partial charge < -0.3 is 19.0 Å². The predicted molar refractivity (Wildman–Crippen MR) is 115 cm³/mol. The van der Waals surface area contributed by atoms with Crippen LogP contribution in [-0.4, -0.2) is 40.3 Å². The molecule has 7 heteroatoms. The van der Waals surface area contributed by atoms with Crippen LogP contribution in [0, 0.1) is 0 Å². The Labute approximate surface area is 167 Å². The smallest absolute Gasteiger partial charge is 0.250 e. The number of hydrogen-bond donors (Lipinski definition) is 0. The van der Waals surface area contributed by atoms with E-state index in [1.165, 1.54) is 28.4 Å². The van der Waals surface area contributed by atoms with Crippen LogP contribution in [0.5, 0.6) is 0 Å². The minimum Gasteiger partial charge on any atom is -0.439 e. The molecule has 6 nitrogen and oxygen atoms in total. The zero-order valence-corrected chi connectivity index (χ0v) is 16.9. The van der Waals surface area contributed by atoms with Crippen molar-refractivity contribution in [2.45, 2.75) is 0 Å². The molecule has 3 aromatic rings. The number of carbonyl (C=O) groups is 1. The van der Waals surface area contributed by atoms with Gasteiger partial charge in [0.1, 0.15) is 4.70 Å².